The average molecular weight is 308 g/mol. The normalized spacial score (nSPS) is 12.3. The molecule has 2 nitrogen and oxygen atoms in total. The van der Waals surface area contributed by atoms with Gasteiger partial charge in [0.15, 0.2) is 0 Å². The van der Waals surface area contributed by atoms with Gasteiger partial charge < -0.3 is 10.1 Å². The summed E-state index contributed by atoms with van der Waals surface area (Å²) >= 11 is 6.02. The molecule has 1 unspecified atom stereocenters. The number of rotatable bonds is 5. The van der Waals surface area contributed by atoms with Crippen molar-refractivity contribution in [3.05, 3.63) is 58.9 Å². The molecule has 0 bridgehead atoms. The van der Waals surface area contributed by atoms with Crippen LogP contribution in [0.1, 0.15) is 32.4 Å². The Balaban J connectivity index is 2.07. The summed E-state index contributed by atoms with van der Waals surface area (Å²) in [7, 11) is 0. The van der Waals surface area contributed by atoms with E-state index < -0.39 is 0 Å². The van der Waals surface area contributed by atoms with Gasteiger partial charge in [0.25, 0.3) is 0 Å². The van der Waals surface area contributed by atoms with Crippen molar-refractivity contribution in [2.75, 3.05) is 5.32 Å². The van der Waals surface area contributed by atoms with E-state index in [-0.39, 0.29) is 18.0 Å². The second kappa shape index (κ2) is 6.81. The number of hydrogen-bond donors (Lipinski definition) is 1. The highest BCUT2D eigenvalue weighted by molar-refractivity contribution is 6.33. The van der Waals surface area contributed by atoms with Crippen molar-refractivity contribution in [1.29, 1.82) is 0 Å². The largest absolute Gasteiger partial charge is 0.491 e. The lowest BCUT2D eigenvalue weighted by Crippen LogP contribution is -2.08. The summed E-state index contributed by atoms with van der Waals surface area (Å²) in [6.45, 7) is 6.02. The van der Waals surface area contributed by atoms with Gasteiger partial charge in [0.05, 0.1) is 16.8 Å². The van der Waals surface area contributed by atoms with Crippen molar-refractivity contribution in [2.45, 2.75) is 32.9 Å². The molecular formula is C17H19ClFNO. The van der Waals surface area contributed by atoms with E-state index >= 15 is 0 Å². The van der Waals surface area contributed by atoms with Crippen molar-refractivity contribution in [3.63, 3.8) is 0 Å². The molecule has 0 spiro atoms. The predicted octanol–water partition coefficient (Wildman–Crippen LogP) is 5.44. The fourth-order valence-corrected chi connectivity index (χ4v) is 2.25. The Bertz CT molecular complexity index is 598. The number of ether oxygens (including phenoxy) is 1. The summed E-state index contributed by atoms with van der Waals surface area (Å²) in [5.74, 6) is 0.508. The van der Waals surface area contributed by atoms with Gasteiger partial charge in [0, 0.05) is 6.04 Å². The molecule has 0 aliphatic heterocycles. The number of halogens is 2. The molecule has 0 fully saturated rings. The summed E-state index contributed by atoms with van der Waals surface area (Å²) in [5.41, 5.74) is 1.82. The predicted molar refractivity (Wildman–Crippen MR) is 85.7 cm³/mol. The molecule has 0 amide bonds. The molecule has 0 saturated heterocycles. The molecule has 0 aromatic heterocycles. The fraction of sp³-hybridized carbons (Fsp3) is 0.294. The van der Waals surface area contributed by atoms with E-state index in [2.05, 4.69) is 5.32 Å². The van der Waals surface area contributed by atoms with E-state index in [1.165, 1.54) is 12.1 Å². The Morgan fingerprint density at radius 2 is 1.71 bits per heavy atom. The minimum atomic E-state index is -0.339. The molecular weight excluding hydrogens is 289 g/mol. The first-order chi connectivity index (χ1) is 9.95. The minimum absolute atomic E-state index is 0.0565. The Labute approximate surface area is 129 Å². The number of anilines is 1. The molecule has 2 aromatic carbocycles. The molecule has 2 aromatic rings. The lowest BCUT2D eigenvalue weighted by Gasteiger charge is -2.17. The SMILES string of the molecule is CC(C)Oc1ccc(C(C)Nc2ccc(F)cc2Cl)cc1. The smallest absolute Gasteiger partial charge is 0.124 e. The second-order valence-electron chi connectivity index (χ2n) is 5.23. The van der Waals surface area contributed by atoms with Crippen molar-refractivity contribution < 1.29 is 9.13 Å². The third-order valence-corrected chi connectivity index (χ3v) is 3.37. The topological polar surface area (TPSA) is 21.3 Å². The zero-order valence-electron chi connectivity index (χ0n) is 12.4. The molecule has 1 N–H and O–H groups in total. The molecule has 0 saturated carbocycles. The number of nitrogens with one attached hydrogen (secondary N) is 1. The first-order valence-corrected chi connectivity index (χ1v) is 7.31. The van der Waals surface area contributed by atoms with Gasteiger partial charge in [-0.25, -0.2) is 4.39 Å². The van der Waals surface area contributed by atoms with Crippen LogP contribution in [0, 0.1) is 5.82 Å². The van der Waals surface area contributed by atoms with Crippen LogP contribution in [0.4, 0.5) is 10.1 Å². The van der Waals surface area contributed by atoms with E-state index in [9.17, 15) is 4.39 Å². The number of hydrogen-bond acceptors (Lipinski definition) is 2. The van der Waals surface area contributed by atoms with Crippen molar-refractivity contribution >= 4 is 17.3 Å². The maximum atomic E-state index is 13.0. The van der Waals surface area contributed by atoms with Gasteiger partial charge in [-0.15, -0.1) is 0 Å². The zero-order valence-corrected chi connectivity index (χ0v) is 13.1. The van der Waals surface area contributed by atoms with E-state index in [1.54, 1.807) is 6.07 Å². The van der Waals surface area contributed by atoms with Crippen LogP contribution in [0.3, 0.4) is 0 Å². The summed E-state index contributed by atoms with van der Waals surface area (Å²) in [6, 6.07) is 12.3. The standard InChI is InChI=1S/C17H19ClFNO/c1-11(2)21-15-7-4-13(5-8-15)12(3)20-17-9-6-14(19)10-16(17)18/h4-12,20H,1-3H3. The first-order valence-electron chi connectivity index (χ1n) is 6.94. The molecule has 2 rings (SSSR count). The second-order valence-corrected chi connectivity index (χ2v) is 5.63. The third-order valence-electron chi connectivity index (χ3n) is 3.06. The van der Waals surface area contributed by atoms with Crippen LogP contribution >= 0.6 is 11.6 Å². The van der Waals surface area contributed by atoms with Crippen LogP contribution in [0.5, 0.6) is 5.75 Å². The minimum Gasteiger partial charge on any atom is -0.491 e. The van der Waals surface area contributed by atoms with E-state index in [1.807, 2.05) is 45.0 Å². The highest BCUT2D eigenvalue weighted by Gasteiger charge is 2.09. The van der Waals surface area contributed by atoms with E-state index in [0.29, 0.717) is 10.7 Å². The van der Waals surface area contributed by atoms with E-state index in [4.69, 9.17) is 16.3 Å². The fourth-order valence-electron chi connectivity index (χ4n) is 2.03. The molecule has 1 atom stereocenters. The quantitative estimate of drug-likeness (QED) is 0.794. The Morgan fingerprint density at radius 1 is 1.05 bits per heavy atom. The average Bonchev–Trinajstić information content (AvgIpc) is 2.42. The van der Waals surface area contributed by atoms with Crippen LogP contribution in [-0.2, 0) is 0 Å². The monoisotopic (exact) mass is 307 g/mol. The number of benzene rings is 2. The van der Waals surface area contributed by atoms with Crippen molar-refractivity contribution in [1.82, 2.24) is 0 Å². The molecule has 0 aliphatic rings. The third kappa shape index (κ3) is 4.36. The van der Waals surface area contributed by atoms with Gasteiger partial charge in [0.2, 0.25) is 0 Å². The molecule has 0 aliphatic carbocycles. The summed E-state index contributed by atoms with van der Waals surface area (Å²) in [5, 5.41) is 3.65. The van der Waals surface area contributed by atoms with Gasteiger partial charge in [-0.1, -0.05) is 23.7 Å². The van der Waals surface area contributed by atoms with Gasteiger partial charge in [-0.05, 0) is 56.7 Å². The van der Waals surface area contributed by atoms with Gasteiger partial charge in [-0.3, -0.25) is 0 Å². The summed E-state index contributed by atoms with van der Waals surface area (Å²) < 4.78 is 18.6. The van der Waals surface area contributed by atoms with Crippen LogP contribution in [0.2, 0.25) is 5.02 Å². The molecule has 21 heavy (non-hydrogen) atoms. The molecule has 112 valence electrons. The maximum absolute atomic E-state index is 13.0. The van der Waals surface area contributed by atoms with Gasteiger partial charge >= 0.3 is 0 Å². The van der Waals surface area contributed by atoms with Crippen LogP contribution in [-0.4, -0.2) is 6.10 Å². The molecule has 0 radical (unpaired) electrons. The van der Waals surface area contributed by atoms with E-state index in [0.717, 1.165) is 11.3 Å². The Hall–Kier alpha value is -1.74. The lowest BCUT2D eigenvalue weighted by atomic mass is 10.1. The van der Waals surface area contributed by atoms with Gasteiger partial charge in [-0.2, -0.15) is 0 Å². The van der Waals surface area contributed by atoms with Crippen LogP contribution in [0.25, 0.3) is 0 Å². The zero-order chi connectivity index (χ0) is 15.4. The van der Waals surface area contributed by atoms with Crippen molar-refractivity contribution in [2.24, 2.45) is 0 Å². The maximum Gasteiger partial charge on any atom is 0.124 e. The summed E-state index contributed by atoms with van der Waals surface area (Å²) in [6.07, 6.45) is 0.157. The van der Waals surface area contributed by atoms with Crippen molar-refractivity contribution in [3.8, 4) is 5.75 Å². The Kier molecular flexibility index (Phi) is 5.07. The lowest BCUT2D eigenvalue weighted by molar-refractivity contribution is 0.242. The molecule has 0 heterocycles. The highest BCUT2D eigenvalue weighted by atomic mass is 35.5. The van der Waals surface area contributed by atoms with Crippen LogP contribution in [0.15, 0.2) is 42.5 Å². The van der Waals surface area contributed by atoms with Gasteiger partial charge in [0.1, 0.15) is 11.6 Å². The van der Waals surface area contributed by atoms with Crippen LogP contribution < -0.4 is 10.1 Å². The summed E-state index contributed by atoms with van der Waals surface area (Å²) in [4.78, 5) is 0. The first kappa shape index (κ1) is 15.6. The Morgan fingerprint density at radius 3 is 2.29 bits per heavy atom. The highest BCUT2D eigenvalue weighted by Crippen LogP contribution is 2.27. The molecule has 4 heteroatoms.